The molecule has 0 aromatic carbocycles. The molecule has 2 rings (SSSR count). The van der Waals surface area contributed by atoms with Crippen LogP contribution >= 0.6 is 19.1 Å². The van der Waals surface area contributed by atoms with Gasteiger partial charge in [-0.25, -0.2) is 0 Å². The van der Waals surface area contributed by atoms with E-state index in [1.54, 1.807) is 0 Å². The second kappa shape index (κ2) is 17.2. The van der Waals surface area contributed by atoms with Crippen LogP contribution in [0.15, 0.2) is 0 Å². The van der Waals surface area contributed by atoms with Crippen LogP contribution in [0.1, 0.15) is 77.0 Å². The third-order valence-corrected chi connectivity index (χ3v) is 3.13. The van der Waals surface area contributed by atoms with E-state index in [4.69, 9.17) is 19.1 Å². The van der Waals surface area contributed by atoms with Crippen molar-refractivity contribution in [2.24, 2.45) is 0 Å². The van der Waals surface area contributed by atoms with Crippen molar-refractivity contribution in [3.63, 3.8) is 0 Å². The Labute approximate surface area is 124 Å². The minimum atomic E-state index is -0.106. The summed E-state index contributed by atoms with van der Waals surface area (Å²) in [5.74, 6) is 0. The summed E-state index contributed by atoms with van der Waals surface area (Å²) in [5, 5.41) is 0. The molecule has 0 spiro atoms. The van der Waals surface area contributed by atoms with Gasteiger partial charge in [0.25, 0.3) is 0 Å². The molecule has 0 aromatic heterocycles. The average Bonchev–Trinajstić information content (AvgIpc) is 2.81. The molecule has 0 atom stereocenters. The van der Waals surface area contributed by atoms with Gasteiger partial charge in [0.15, 0.2) is 0 Å². The Morgan fingerprint density at radius 3 is 1.00 bits per heavy atom. The zero-order valence-corrected chi connectivity index (χ0v) is 13.8. The third-order valence-electron chi connectivity index (χ3n) is 3.13. The molecule has 0 aromatic rings. The maximum absolute atomic E-state index is 4.81. The van der Waals surface area contributed by atoms with Crippen molar-refractivity contribution in [1.82, 2.24) is 0 Å². The van der Waals surface area contributed by atoms with Crippen molar-refractivity contribution in [3.05, 3.63) is 12.8 Å². The van der Waals surface area contributed by atoms with Gasteiger partial charge in [-0.1, -0.05) is 51.4 Å². The van der Waals surface area contributed by atoms with E-state index in [1.165, 1.54) is 77.0 Å². The molecule has 0 aliphatic heterocycles. The van der Waals surface area contributed by atoms with Crippen molar-refractivity contribution in [3.8, 4) is 0 Å². The standard InChI is InChI=1S/2C7H13.2ClH.Pd/c2*1-2-4-6-7-5-3-1;;;/h2*1H,2-7H2;2*1H;/q2*-1;;;+2/p-2. The SMILES string of the molecule is [CH-]1CCCCCC1.[CH-]1CCCCCC1.[Cl][Pd][Cl]. The van der Waals surface area contributed by atoms with E-state index in [2.05, 4.69) is 12.8 Å². The molecule has 108 valence electrons. The fourth-order valence-electron chi connectivity index (χ4n) is 2.15. The molecule has 0 nitrogen and oxygen atoms in total. The molecule has 17 heavy (non-hydrogen) atoms. The van der Waals surface area contributed by atoms with Gasteiger partial charge >= 0.3 is 35.0 Å². The van der Waals surface area contributed by atoms with Crippen LogP contribution in [0.4, 0.5) is 0 Å². The van der Waals surface area contributed by atoms with Gasteiger partial charge in [0.1, 0.15) is 0 Å². The summed E-state index contributed by atoms with van der Waals surface area (Å²) in [6.07, 6.45) is 22.0. The molecular weight excluding hydrogens is 345 g/mol. The molecule has 2 aliphatic rings. The van der Waals surface area contributed by atoms with Crippen molar-refractivity contribution < 1.29 is 15.9 Å². The third kappa shape index (κ3) is 17.2. The molecule has 0 saturated heterocycles. The van der Waals surface area contributed by atoms with E-state index >= 15 is 0 Å². The van der Waals surface area contributed by atoms with Crippen LogP contribution in [-0.4, -0.2) is 0 Å². The Hall–Kier alpha value is 1.24. The molecule has 3 heteroatoms. The van der Waals surface area contributed by atoms with Gasteiger partial charge in [0.05, 0.1) is 0 Å². The molecule has 0 amide bonds. The fourth-order valence-corrected chi connectivity index (χ4v) is 2.15. The second-order valence-electron chi connectivity index (χ2n) is 4.61. The van der Waals surface area contributed by atoms with Crippen LogP contribution in [0.25, 0.3) is 0 Å². The average molecular weight is 372 g/mol. The first-order valence-corrected chi connectivity index (χ1v) is 10.9. The van der Waals surface area contributed by atoms with E-state index in [0.717, 1.165) is 0 Å². The van der Waals surface area contributed by atoms with Gasteiger partial charge < -0.3 is 12.8 Å². The molecule has 0 unspecified atom stereocenters. The summed E-state index contributed by atoms with van der Waals surface area (Å²) in [5.41, 5.74) is 0. The Bertz CT molecular complexity index is 78.1. The molecule has 0 heterocycles. The van der Waals surface area contributed by atoms with Crippen molar-refractivity contribution in [2.45, 2.75) is 77.0 Å². The van der Waals surface area contributed by atoms with Gasteiger partial charge in [0.2, 0.25) is 0 Å². The van der Waals surface area contributed by atoms with Gasteiger partial charge in [-0.2, -0.15) is 25.7 Å². The van der Waals surface area contributed by atoms with Gasteiger partial charge in [0, 0.05) is 0 Å². The Morgan fingerprint density at radius 1 is 0.529 bits per heavy atom. The fraction of sp³-hybridized carbons (Fsp3) is 0.857. The van der Waals surface area contributed by atoms with Gasteiger partial charge in [-0.05, 0) is 0 Å². The van der Waals surface area contributed by atoms with E-state index < -0.39 is 0 Å². The Morgan fingerprint density at radius 2 is 0.765 bits per heavy atom. The summed E-state index contributed by atoms with van der Waals surface area (Å²) in [6.45, 7) is 0. The predicted molar refractivity (Wildman–Crippen MR) is 75.7 cm³/mol. The van der Waals surface area contributed by atoms with E-state index in [1.807, 2.05) is 0 Å². The number of halogens is 2. The van der Waals surface area contributed by atoms with Crippen molar-refractivity contribution in [1.29, 1.82) is 0 Å². The minimum absolute atomic E-state index is 0.106. The maximum atomic E-state index is 4.81. The van der Waals surface area contributed by atoms with E-state index in [-0.39, 0.29) is 15.9 Å². The molecule has 2 aliphatic carbocycles. The van der Waals surface area contributed by atoms with E-state index in [9.17, 15) is 0 Å². The van der Waals surface area contributed by atoms with Crippen LogP contribution in [0.3, 0.4) is 0 Å². The number of hydrogen-bond donors (Lipinski definition) is 0. The number of rotatable bonds is 0. The molecule has 0 bridgehead atoms. The molecular formula is C14H26Cl2Pd-2. The quantitative estimate of drug-likeness (QED) is 0.260. The van der Waals surface area contributed by atoms with Crippen LogP contribution in [-0.2, 0) is 15.9 Å². The summed E-state index contributed by atoms with van der Waals surface area (Å²) < 4.78 is 0. The monoisotopic (exact) mass is 370 g/mol. The summed E-state index contributed by atoms with van der Waals surface area (Å²) >= 11 is -0.106. The van der Waals surface area contributed by atoms with Crippen molar-refractivity contribution in [2.75, 3.05) is 0 Å². The summed E-state index contributed by atoms with van der Waals surface area (Å²) in [4.78, 5) is 0. The summed E-state index contributed by atoms with van der Waals surface area (Å²) in [7, 11) is 9.63. The van der Waals surface area contributed by atoms with Crippen LogP contribution < -0.4 is 0 Å². The van der Waals surface area contributed by atoms with Crippen LogP contribution in [0.5, 0.6) is 0 Å². The van der Waals surface area contributed by atoms with Gasteiger partial charge in [-0.15, -0.1) is 0 Å². The normalized spacial score (nSPS) is 21.1. The molecule has 2 fully saturated rings. The molecule has 0 N–H and O–H groups in total. The Kier molecular flexibility index (Phi) is 18.5. The first-order chi connectivity index (χ1) is 8.41. The van der Waals surface area contributed by atoms with Crippen LogP contribution in [0, 0.1) is 12.8 Å². The van der Waals surface area contributed by atoms with Crippen LogP contribution in [0.2, 0.25) is 0 Å². The van der Waals surface area contributed by atoms with E-state index in [0.29, 0.717) is 0 Å². The molecule has 0 radical (unpaired) electrons. The van der Waals surface area contributed by atoms with Gasteiger partial charge in [-0.3, -0.25) is 0 Å². The topological polar surface area (TPSA) is 0 Å². The number of hydrogen-bond acceptors (Lipinski definition) is 0. The second-order valence-corrected chi connectivity index (χ2v) is 6.97. The zero-order valence-electron chi connectivity index (χ0n) is 10.7. The molecule has 2 saturated carbocycles. The first-order valence-electron chi connectivity index (χ1n) is 6.87. The van der Waals surface area contributed by atoms with Crippen molar-refractivity contribution >= 4 is 19.1 Å². The Balaban J connectivity index is 0.000000247. The summed E-state index contributed by atoms with van der Waals surface area (Å²) in [6, 6.07) is 0. The first kappa shape index (κ1) is 18.2. The zero-order chi connectivity index (χ0) is 12.6. The predicted octanol–water partition coefficient (Wildman–Crippen LogP) is 6.47.